The number of methoxy groups -OCH3 is 1. The van der Waals surface area contributed by atoms with Crippen molar-refractivity contribution >= 4 is 44.6 Å². The van der Waals surface area contributed by atoms with Gasteiger partial charge in [0, 0.05) is 52.3 Å². The predicted molar refractivity (Wildman–Crippen MR) is 131 cm³/mol. The molecule has 3 heterocycles. The van der Waals surface area contributed by atoms with Gasteiger partial charge in [-0.05, 0) is 30.8 Å². The van der Waals surface area contributed by atoms with Crippen LogP contribution in [0.3, 0.4) is 0 Å². The van der Waals surface area contributed by atoms with E-state index < -0.39 is 0 Å². The van der Waals surface area contributed by atoms with Gasteiger partial charge in [0.1, 0.15) is 15.5 Å². The maximum atomic E-state index is 13.3. The molecule has 0 atom stereocenters. The number of benzene rings is 2. The summed E-state index contributed by atoms with van der Waals surface area (Å²) in [6.45, 7) is 1.70. The molecule has 2 aromatic carbocycles. The molecule has 0 saturated carbocycles. The number of carbonyl (C=O) groups is 1. The number of hydrogen-bond donors (Lipinski definition) is 1. The third-order valence-electron chi connectivity index (χ3n) is 5.89. The first kappa shape index (κ1) is 20.9. The number of thiophene rings is 1. The molecule has 32 heavy (non-hydrogen) atoms. The number of carbonyl (C=O) groups excluding carboxylic acids is 1. The van der Waals surface area contributed by atoms with E-state index in [0.29, 0.717) is 21.2 Å². The van der Waals surface area contributed by atoms with Gasteiger partial charge in [-0.2, -0.15) is 0 Å². The molecular formula is C25H22ClN3O2S. The van der Waals surface area contributed by atoms with E-state index in [4.69, 9.17) is 27.1 Å². The van der Waals surface area contributed by atoms with Crippen LogP contribution in [-0.4, -0.2) is 36.4 Å². The fourth-order valence-electron chi connectivity index (χ4n) is 4.34. The summed E-state index contributed by atoms with van der Waals surface area (Å²) >= 11 is 7.47. The molecule has 1 aliphatic heterocycles. The number of nitrogens with zero attached hydrogens (tertiary/aromatic N) is 2. The third-order valence-corrected chi connectivity index (χ3v) is 7.22. The average molecular weight is 464 g/mol. The number of nitrogen functional groups attached to an aromatic ring is 1. The lowest BCUT2D eigenvalue weighted by molar-refractivity contribution is 0.104. The van der Waals surface area contributed by atoms with Gasteiger partial charge < -0.3 is 15.4 Å². The van der Waals surface area contributed by atoms with E-state index in [-0.39, 0.29) is 5.78 Å². The summed E-state index contributed by atoms with van der Waals surface area (Å²) < 4.78 is 5.69. The highest BCUT2D eigenvalue weighted by Crippen LogP contribution is 2.46. The van der Waals surface area contributed by atoms with Crippen LogP contribution < -0.4 is 10.5 Å². The smallest absolute Gasteiger partial charge is 0.205 e. The lowest BCUT2D eigenvalue weighted by Crippen LogP contribution is -2.28. The molecule has 0 radical (unpaired) electrons. The molecular weight excluding hydrogens is 442 g/mol. The van der Waals surface area contributed by atoms with Crippen molar-refractivity contribution in [2.45, 2.75) is 13.0 Å². The summed E-state index contributed by atoms with van der Waals surface area (Å²) in [5.41, 5.74) is 11.8. The molecule has 0 unspecified atom stereocenters. The van der Waals surface area contributed by atoms with Crippen molar-refractivity contribution in [2.24, 2.45) is 0 Å². The monoisotopic (exact) mass is 463 g/mol. The van der Waals surface area contributed by atoms with Crippen molar-refractivity contribution in [1.82, 2.24) is 9.88 Å². The number of anilines is 1. The number of likely N-dealkylation sites (N-methyl/N-ethyl adjacent to an activating group) is 1. The Bertz CT molecular complexity index is 1370. The number of ether oxygens (including phenoxy) is 1. The van der Waals surface area contributed by atoms with Crippen LogP contribution in [0, 0.1) is 0 Å². The Kier molecular flexibility index (Phi) is 5.37. The predicted octanol–water partition coefficient (Wildman–Crippen LogP) is 5.43. The van der Waals surface area contributed by atoms with Gasteiger partial charge in [0.05, 0.1) is 12.8 Å². The maximum absolute atomic E-state index is 13.3. The van der Waals surface area contributed by atoms with E-state index in [0.717, 1.165) is 57.9 Å². The summed E-state index contributed by atoms with van der Waals surface area (Å²) in [7, 11) is 3.77. The van der Waals surface area contributed by atoms with Crippen LogP contribution in [0.5, 0.6) is 5.75 Å². The van der Waals surface area contributed by atoms with Crippen molar-refractivity contribution in [3.8, 4) is 16.9 Å². The number of hydrogen-bond acceptors (Lipinski definition) is 6. The number of para-hydroxylation sites is 1. The van der Waals surface area contributed by atoms with Crippen molar-refractivity contribution in [1.29, 1.82) is 0 Å². The Morgan fingerprint density at radius 2 is 2.03 bits per heavy atom. The second kappa shape index (κ2) is 8.20. The van der Waals surface area contributed by atoms with Crippen molar-refractivity contribution in [2.75, 3.05) is 26.4 Å². The fraction of sp³-hybridized carbons (Fsp3) is 0.200. The van der Waals surface area contributed by atoms with E-state index in [1.807, 2.05) is 24.3 Å². The average Bonchev–Trinajstić information content (AvgIpc) is 3.13. The maximum Gasteiger partial charge on any atom is 0.205 e. The highest BCUT2D eigenvalue weighted by molar-refractivity contribution is 7.21. The van der Waals surface area contributed by atoms with Crippen LogP contribution in [0.1, 0.15) is 26.5 Å². The van der Waals surface area contributed by atoms with Gasteiger partial charge in [0.2, 0.25) is 5.78 Å². The van der Waals surface area contributed by atoms with E-state index >= 15 is 0 Å². The third kappa shape index (κ3) is 3.45. The number of nitrogens with two attached hydrogens (primary N) is 1. The number of fused-ring (bicyclic) bond motifs is 2. The zero-order chi connectivity index (χ0) is 22.4. The summed E-state index contributed by atoms with van der Waals surface area (Å²) in [5.74, 6) is 0.623. The lowest BCUT2D eigenvalue weighted by Gasteiger charge is -2.27. The van der Waals surface area contributed by atoms with Gasteiger partial charge in [-0.1, -0.05) is 41.9 Å². The van der Waals surface area contributed by atoms with Gasteiger partial charge in [-0.25, -0.2) is 4.98 Å². The number of ketones is 1. The van der Waals surface area contributed by atoms with Gasteiger partial charge in [0.25, 0.3) is 0 Å². The van der Waals surface area contributed by atoms with Gasteiger partial charge in [-0.15, -0.1) is 11.3 Å². The van der Waals surface area contributed by atoms with Crippen molar-refractivity contribution < 1.29 is 9.53 Å². The number of pyridine rings is 1. The van der Waals surface area contributed by atoms with Gasteiger partial charge in [0.15, 0.2) is 0 Å². The van der Waals surface area contributed by atoms with Gasteiger partial charge in [-0.3, -0.25) is 4.79 Å². The molecule has 0 fully saturated rings. The molecule has 5 rings (SSSR count). The number of rotatable bonds is 4. The highest BCUT2D eigenvalue weighted by atomic mass is 35.5. The molecule has 5 nitrogen and oxygen atoms in total. The first-order valence-corrected chi connectivity index (χ1v) is 11.5. The molecule has 162 valence electrons. The first-order chi connectivity index (χ1) is 15.5. The molecule has 2 N–H and O–H groups in total. The van der Waals surface area contributed by atoms with E-state index in [1.165, 1.54) is 11.3 Å². The Balaban J connectivity index is 1.81. The molecule has 0 spiro atoms. The van der Waals surface area contributed by atoms with Crippen molar-refractivity contribution in [3.63, 3.8) is 0 Å². The summed E-state index contributed by atoms with van der Waals surface area (Å²) in [4.78, 5) is 21.8. The first-order valence-electron chi connectivity index (χ1n) is 10.3. The van der Waals surface area contributed by atoms with Crippen LogP contribution >= 0.6 is 22.9 Å². The Morgan fingerprint density at radius 1 is 1.22 bits per heavy atom. The summed E-state index contributed by atoms with van der Waals surface area (Å²) in [6.07, 6.45) is 0.847. The minimum absolute atomic E-state index is 0.144. The second-order valence-electron chi connectivity index (χ2n) is 7.96. The Labute approximate surface area is 195 Å². The fourth-order valence-corrected chi connectivity index (χ4v) is 5.61. The lowest BCUT2D eigenvalue weighted by atomic mass is 9.91. The normalized spacial score (nSPS) is 13.8. The second-order valence-corrected chi connectivity index (χ2v) is 9.40. The standard InChI is InChI=1S/C25H22ClN3O2S/c1-29-11-10-18-17(13-29)20(16-8-3-4-9-19(16)31-2)21-22(27)24(32-25(21)28-18)23(30)14-6-5-7-15(26)12-14/h3-9,12H,10-11,13,27H2,1-2H3. The van der Waals surface area contributed by atoms with Crippen LogP contribution in [0.4, 0.5) is 5.69 Å². The molecule has 2 aromatic heterocycles. The van der Waals surface area contributed by atoms with Crippen LogP contribution in [0.15, 0.2) is 48.5 Å². The molecule has 7 heteroatoms. The Morgan fingerprint density at radius 3 is 2.81 bits per heavy atom. The van der Waals surface area contributed by atoms with E-state index in [1.54, 1.807) is 31.4 Å². The molecule has 4 aromatic rings. The Hall–Kier alpha value is -2.93. The minimum atomic E-state index is -0.144. The zero-order valence-electron chi connectivity index (χ0n) is 17.8. The molecule has 0 aliphatic carbocycles. The molecule has 0 bridgehead atoms. The zero-order valence-corrected chi connectivity index (χ0v) is 19.4. The number of halogens is 1. The quantitative estimate of drug-likeness (QED) is 0.409. The SMILES string of the molecule is COc1ccccc1-c1c2c(nc3sc(C(=O)c4cccc(Cl)c4)c(N)c13)CCN(C)C2. The summed E-state index contributed by atoms with van der Waals surface area (Å²) in [5, 5.41) is 1.33. The molecule has 0 amide bonds. The summed E-state index contributed by atoms with van der Waals surface area (Å²) in [6, 6.07) is 14.9. The van der Waals surface area contributed by atoms with Crippen molar-refractivity contribution in [3.05, 3.63) is 75.3 Å². The topological polar surface area (TPSA) is 68.4 Å². The number of aromatic nitrogens is 1. The van der Waals surface area contributed by atoms with E-state index in [9.17, 15) is 4.79 Å². The van der Waals surface area contributed by atoms with Crippen LogP contribution in [0.25, 0.3) is 21.3 Å². The largest absolute Gasteiger partial charge is 0.496 e. The highest BCUT2D eigenvalue weighted by Gasteiger charge is 2.28. The van der Waals surface area contributed by atoms with E-state index in [2.05, 4.69) is 11.9 Å². The van der Waals surface area contributed by atoms with Gasteiger partial charge >= 0.3 is 0 Å². The van der Waals surface area contributed by atoms with Crippen LogP contribution in [0.2, 0.25) is 5.02 Å². The molecule has 0 saturated heterocycles. The molecule has 1 aliphatic rings. The van der Waals surface area contributed by atoms with Crippen LogP contribution in [-0.2, 0) is 13.0 Å². The minimum Gasteiger partial charge on any atom is -0.496 e.